The van der Waals surface area contributed by atoms with Crippen molar-refractivity contribution in [3.8, 4) is 6.07 Å². The van der Waals surface area contributed by atoms with Gasteiger partial charge in [-0.05, 0) is 42.2 Å². The first kappa shape index (κ1) is 20.3. The van der Waals surface area contributed by atoms with Crippen LogP contribution in [0.3, 0.4) is 0 Å². The lowest BCUT2D eigenvalue weighted by atomic mass is 9.95. The van der Waals surface area contributed by atoms with Gasteiger partial charge < -0.3 is 0 Å². The molecule has 1 atom stereocenters. The minimum atomic E-state index is -4.42. The highest BCUT2D eigenvalue weighted by atomic mass is 19.4. The third kappa shape index (κ3) is 5.11. The number of rotatable bonds is 5. The first-order valence-corrected chi connectivity index (χ1v) is 9.13. The fourth-order valence-electron chi connectivity index (χ4n) is 3.16. The first-order valence-electron chi connectivity index (χ1n) is 9.13. The molecule has 0 unspecified atom stereocenters. The van der Waals surface area contributed by atoms with Gasteiger partial charge in [-0.15, -0.1) is 0 Å². The van der Waals surface area contributed by atoms with E-state index in [2.05, 4.69) is 11.1 Å². The summed E-state index contributed by atoms with van der Waals surface area (Å²) in [5.74, 6) is 0. The number of aryl methyl sites for hydroxylation is 1. The molecule has 0 amide bonds. The average Bonchev–Trinajstić information content (AvgIpc) is 2.72. The van der Waals surface area contributed by atoms with Gasteiger partial charge in [0.2, 0.25) is 0 Å². The van der Waals surface area contributed by atoms with Crippen LogP contribution in [0.4, 0.5) is 13.2 Å². The van der Waals surface area contributed by atoms with Crippen LogP contribution in [0.5, 0.6) is 0 Å². The van der Waals surface area contributed by atoms with E-state index in [0.717, 1.165) is 28.8 Å². The third-order valence-corrected chi connectivity index (χ3v) is 4.70. The number of hydrogen-bond acceptors (Lipinski definition) is 2. The summed E-state index contributed by atoms with van der Waals surface area (Å²) in [5, 5.41) is 9.64. The number of hydrogen-bond donors (Lipinski definition) is 0. The molecule has 0 spiro atoms. The molecular formula is C24H19F3N2. The summed E-state index contributed by atoms with van der Waals surface area (Å²) in [7, 11) is 0. The second kappa shape index (κ2) is 8.74. The van der Waals surface area contributed by atoms with E-state index in [-0.39, 0.29) is 11.8 Å². The number of nitriles is 1. The van der Waals surface area contributed by atoms with E-state index in [1.165, 1.54) is 12.1 Å². The van der Waals surface area contributed by atoms with Crippen molar-refractivity contribution in [3.05, 3.63) is 107 Å². The van der Waals surface area contributed by atoms with Crippen LogP contribution >= 0.6 is 0 Å². The Labute approximate surface area is 168 Å². The van der Waals surface area contributed by atoms with E-state index in [1.54, 1.807) is 0 Å². The van der Waals surface area contributed by atoms with Gasteiger partial charge in [-0.1, -0.05) is 66.7 Å². The molecule has 0 saturated heterocycles. The lowest BCUT2D eigenvalue weighted by molar-refractivity contribution is -0.137. The average molecular weight is 392 g/mol. The Balaban J connectivity index is 2.01. The zero-order valence-corrected chi connectivity index (χ0v) is 15.8. The normalized spacial score (nSPS) is 13.0. The number of alkyl halides is 3. The summed E-state index contributed by atoms with van der Waals surface area (Å²) in [5.41, 5.74) is 2.82. The molecule has 0 N–H and O–H groups in total. The standard InChI is InChI=1S/C24H19F3N2/c1-17-7-5-6-10-21(17)22(15-18-8-3-2-4-9-18)29-23(16-28)19-11-13-20(14-12-19)24(25,26)27/h2-14,22H,15H2,1H3/b29-23+/t22-/m1/s1. The molecule has 0 aliphatic carbocycles. The van der Waals surface area contributed by atoms with Crippen LogP contribution in [-0.2, 0) is 12.6 Å². The topological polar surface area (TPSA) is 36.1 Å². The number of aliphatic imine (C=N–C) groups is 1. The fraction of sp³-hybridized carbons (Fsp3) is 0.167. The largest absolute Gasteiger partial charge is 0.416 e. The third-order valence-electron chi connectivity index (χ3n) is 4.70. The van der Waals surface area contributed by atoms with Gasteiger partial charge in [0.05, 0.1) is 11.6 Å². The number of benzene rings is 3. The van der Waals surface area contributed by atoms with Gasteiger partial charge in [-0.3, -0.25) is 4.99 Å². The summed E-state index contributed by atoms with van der Waals surface area (Å²) in [4.78, 5) is 4.66. The summed E-state index contributed by atoms with van der Waals surface area (Å²) < 4.78 is 38.5. The molecule has 2 nitrogen and oxygen atoms in total. The molecule has 0 radical (unpaired) electrons. The quantitative estimate of drug-likeness (QED) is 0.469. The highest BCUT2D eigenvalue weighted by molar-refractivity contribution is 6.11. The summed E-state index contributed by atoms with van der Waals surface area (Å²) >= 11 is 0. The van der Waals surface area contributed by atoms with Crippen molar-refractivity contribution in [1.29, 1.82) is 5.26 Å². The van der Waals surface area contributed by atoms with E-state index in [0.29, 0.717) is 12.0 Å². The van der Waals surface area contributed by atoms with Gasteiger partial charge in [0, 0.05) is 5.56 Å². The Kier molecular flexibility index (Phi) is 6.13. The van der Waals surface area contributed by atoms with E-state index in [4.69, 9.17) is 0 Å². The van der Waals surface area contributed by atoms with Crippen LogP contribution in [-0.4, -0.2) is 5.71 Å². The Morgan fingerprint density at radius 2 is 1.55 bits per heavy atom. The van der Waals surface area contributed by atoms with Crippen molar-refractivity contribution < 1.29 is 13.2 Å². The maximum Gasteiger partial charge on any atom is 0.416 e. The molecule has 3 aromatic rings. The minimum Gasteiger partial charge on any atom is -0.265 e. The molecule has 3 aromatic carbocycles. The van der Waals surface area contributed by atoms with Gasteiger partial charge in [-0.25, -0.2) is 0 Å². The summed E-state index contributed by atoms with van der Waals surface area (Å²) in [6.07, 6.45) is -3.84. The lowest BCUT2D eigenvalue weighted by Gasteiger charge is -2.17. The number of halogens is 3. The predicted octanol–water partition coefficient (Wildman–Crippen LogP) is 6.31. The van der Waals surface area contributed by atoms with Crippen molar-refractivity contribution in [2.45, 2.75) is 25.6 Å². The second-order valence-corrected chi connectivity index (χ2v) is 6.73. The van der Waals surface area contributed by atoms with E-state index in [1.807, 2.05) is 61.5 Å². The molecule has 3 rings (SSSR count). The maximum atomic E-state index is 12.8. The van der Waals surface area contributed by atoms with Crippen molar-refractivity contribution in [2.24, 2.45) is 4.99 Å². The van der Waals surface area contributed by atoms with Crippen LogP contribution in [0.25, 0.3) is 0 Å². The second-order valence-electron chi connectivity index (χ2n) is 6.73. The van der Waals surface area contributed by atoms with Crippen molar-refractivity contribution in [2.75, 3.05) is 0 Å². The van der Waals surface area contributed by atoms with E-state index in [9.17, 15) is 18.4 Å². The summed E-state index contributed by atoms with van der Waals surface area (Å²) in [6, 6.07) is 23.9. The van der Waals surface area contributed by atoms with Crippen molar-refractivity contribution in [1.82, 2.24) is 0 Å². The minimum absolute atomic E-state index is 0.114. The molecule has 5 heteroatoms. The number of nitrogens with zero attached hydrogens (tertiary/aromatic N) is 2. The molecule has 0 heterocycles. The van der Waals surface area contributed by atoms with Crippen molar-refractivity contribution >= 4 is 5.71 Å². The van der Waals surface area contributed by atoms with Gasteiger partial charge in [0.1, 0.15) is 11.8 Å². The monoisotopic (exact) mass is 392 g/mol. The highest BCUT2D eigenvalue weighted by Crippen LogP contribution is 2.30. The van der Waals surface area contributed by atoms with E-state index < -0.39 is 11.7 Å². The predicted molar refractivity (Wildman–Crippen MR) is 108 cm³/mol. The van der Waals surface area contributed by atoms with Gasteiger partial charge in [-0.2, -0.15) is 18.4 Å². The van der Waals surface area contributed by atoms with E-state index >= 15 is 0 Å². The highest BCUT2D eigenvalue weighted by Gasteiger charge is 2.30. The molecule has 0 fully saturated rings. The van der Waals surface area contributed by atoms with Crippen molar-refractivity contribution in [3.63, 3.8) is 0 Å². The Morgan fingerprint density at radius 1 is 0.931 bits per heavy atom. The molecule has 146 valence electrons. The zero-order chi connectivity index (χ0) is 20.9. The van der Waals surface area contributed by atoms with Gasteiger partial charge in [0.25, 0.3) is 0 Å². The van der Waals surface area contributed by atoms with Crippen LogP contribution in [0, 0.1) is 18.3 Å². The van der Waals surface area contributed by atoms with Gasteiger partial charge in [0.15, 0.2) is 0 Å². The summed E-state index contributed by atoms with van der Waals surface area (Å²) in [6.45, 7) is 1.98. The Bertz CT molecular complexity index is 1030. The smallest absolute Gasteiger partial charge is 0.265 e. The molecular weight excluding hydrogens is 373 g/mol. The molecule has 29 heavy (non-hydrogen) atoms. The molecule has 0 bridgehead atoms. The van der Waals surface area contributed by atoms with Crippen LogP contribution in [0.2, 0.25) is 0 Å². The molecule has 0 aliphatic heterocycles. The molecule has 0 aliphatic rings. The van der Waals surface area contributed by atoms with Crippen LogP contribution < -0.4 is 0 Å². The fourth-order valence-corrected chi connectivity index (χ4v) is 3.16. The maximum absolute atomic E-state index is 12.8. The Morgan fingerprint density at radius 3 is 2.14 bits per heavy atom. The zero-order valence-electron chi connectivity index (χ0n) is 15.8. The molecule has 0 aromatic heterocycles. The SMILES string of the molecule is Cc1ccccc1[C@@H](Cc1ccccc1)/N=C(\C#N)c1ccc(C(F)(F)F)cc1. The van der Waals surface area contributed by atoms with Gasteiger partial charge >= 0.3 is 6.18 Å². The lowest BCUT2D eigenvalue weighted by Crippen LogP contribution is -2.09. The Hall–Kier alpha value is -3.39. The molecule has 0 saturated carbocycles. The van der Waals surface area contributed by atoms with Crippen LogP contribution in [0.15, 0.2) is 83.9 Å². The first-order chi connectivity index (χ1) is 13.9. The van der Waals surface area contributed by atoms with Crippen LogP contribution in [0.1, 0.15) is 33.9 Å².